The predicted molar refractivity (Wildman–Crippen MR) is 98.0 cm³/mol. The van der Waals surface area contributed by atoms with E-state index in [0.29, 0.717) is 18.7 Å². The van der Waals surface area contributed by atoms with Crippen LogP contribution in [0.25, 0.3) is 0 Å². The first-order valence-corrected chi connectivity index (χ1v) is 8.73. The Morgan fingerprint density at radius 3 is 2.60 bits per heavy atom. The number of aromatic amines is 1. The summed E-state index contributed by atoms with van der Waals surface area (Å²) in [5, 5.41) is 3.02. The van der Waals surface area contributed by atoms with Crippen LogP contribution in [0.1, 0.15) is 56.6 Å². The lowest BCUT2D eigenvalue weighted by molar-refractivity contribution is 0.0936. The highest BCUT2D eigenvalue weighted by Gasteiger charge is 2.26. The Kier molecular flexibility index (Phi) is 5.04. The molecule has 5 heteroatoms. The third-order valence-corrected chi connectivity index (χ3v) is 4.93. The van der Waals surface area contributed by atoms with E-state index in [4.69, 9.17) is 0 Å². The Bertz CT molecular complexity index is 778. The van der Waals surface area contributed by atoms with Gasteiger partial charge in [-0.3, -0.25) is 9.59 Å². The van der Waals surface area contributed by atoms with Gasteiger partial charge in [0, 0.05) is 24.2 Å². The van der Waals surface area contributed by atoms with Crippen LogP contribution in [0, 0.1) is 6.92 Å². The molecule has 0 fully saturated rings. The van der Waals surface area contributed by atoms with Crippen LogP contribution >= 0.6 is 0 Å². The van der Waals surface area contributed by atoms with Gasteiger partial charge in [-0.25, -0.2) is 0 Å². The van der Waals surface area contributed by atoms with E-state index in [0.717, 1.165) is 35.2 Å². The number of likely N-dealkylation sites (N-methyl/N-ethyl adjacent to an activating group) is 1. The van der Waals surface area contributed by atoms with Gasteiger partial charge in [-0.1, -0.05) is 30.3 Å². The first-order chi connectivity index (χ1) is 12.0. The lowest BCUT2D eigenvalue weighted by Crippen LogP contribution is -2.35. The van der Waals surface area contributed by atoms with Crippen LogP contribution in [0.3, 0.4) is 0 Å². The molecule has 1 amide bonds. The van der Waals surface area contributed by atoms with Crippen molar-refractivity contribution in [2.75, 3.05) is 20.6 Å². The molecule has 1 aromatic heterocycles. The summed E-state index contributed by atoms with van der Waals surface area (Å²) in [4.78, 5) is 30.1. The molecule has 0 bridgehead atoms. The fourth-order valence-electron chi connectivity index (χ4n) is 3.55. The number of nitrogens with one attached hydrogen (secondary N) is 2. The standard InChI is InChI=1S/C20H25N3O2/c1-13-18-15(10-7-11-17(18)24)22-19(13)20(25)21-12-16(23(2)3)14-8-5-4-6-9-14/h4-6,8-9,16,22H,7,10-12H2,1-3H3,(H,21,25). The summed E-state index contributed by atoms with van der Waals surface area (Å²) < 4.78 is 0. The zero-order valence-electron chi connectivity index (χ0n) is 15.1. The van der Waals surface area contributed by atoms with E-state index in [2.05, 4.69) is 27.3 Å². The Labute approximate surface area is 148 Å². The number of carbonyl (C=O) groups is 2. The monoisotopic (exact) mass is 339 g/mol. The molecule has 2 N–H and O–H groups in total. The lowest BCUT2D eigenvalue weighted by atomic mass is 9.94. The summed E-state index contributed by atoms with van der Waals surface area (Å²) >= 11 is 0. The van der Waals surface area contributed by atoms with Crippen molar-refractivity contribution in [1.82, 2.24) is 15.2 Å². The van der Waals surface area contributed by atoms with Gasteiger partial charge in [0.05, 0.1) is 6.04 Å². The van der Waals surface area contributed by atoms with Crippen molar-refractivity contribution in [1.29, 1.82) is 0 Å². The summed E-state index contributed by atoms with van der Waals surface area (Å²) in [7, 11) is 4.00. The van der Waals surface area contributed by atoms with Gasteiger partial charge in [0.1, 0.15) is 5.69 Å². The highest BCUT2D eigenvalue weighted by molar-refractivity contribution is 6.04. The van der Waals surface area contributed by atoms with Crippen molar-refractivity contribution in [3.05, 3.63) is 58.4 Å². The molecule has 25 heavy (non-hydrogen) atoms. The van der Waals surface area contributed by atoms with Gasteiger partial charge in [-0.2, -0.15) is 0 Å². The molecule has 132 valence electrons. The summed E-state index contributed by atoms with van der Waals surface area (Å²) in [6.45, 7) is 2.36. The molecule has 1 atom stereocenters. The molecule has 1 aliphatic rings. The second-order valence-corrected chi connectivity index (χ2v) is 6.86. The van der Waals surface area contributed by atoms with Crippen LogP contribution in [0.4, 0.5) is 0 Å². The summed E-state index contributed by atoms with van der Waals surface area (Å²) in [5.74, 6) is -0.00742. The minimum atomic E-state index is -0.150. The number of rotatable bonds is 5. The van der Waals surface area contributed by atoms with Gasteiger partial charge >= 0.3 is 0 Å². The first-order valence-electron chi connectivity index (χ1n) is 8.73. The van der Waals surface area contributed by atoms with Crippen molar-refractivity contribution >= 4 is 11.7 Å². The topological polar surface area (TPSA) is 65.2 Å². The number of hydrogen-bond donors (Lipinski definition) is 2. The average molecular weight is 339 g/mol. The van der Waals surface area contributed by atoms with Crippen LogP contribution in [-0.4, -0.2) is 42.2 Å². The fraction of sp³-hybridized carbons (Fsp3) is 0.400. The van der Waals surface area contributed by atoms with Crippen LogP contribution in [0.2, 0.25) is 0 Å². The number of carbonyl (C=O) groups excluding carboxylic acids is 2. The molecule has 1 aliphatic carbocycles. The Morgan fingerprint density at radius 1 is 1.24 bits per heavy atom. The number of H-pyrrole nitrogens is 1. The number of Topliss-reactive ketones (excluding diaryl/α,β-unsaturated/α-hetero) is 1. The zero-order chi connectivity index (χ0) is 18.0. The van der Waals surface area contributed by atoms with Gasteiger partial charge in [0.2, 0.25) is 0 Å². The maximum atomic E-state index is 12.7. The van der Waals surface area contributed by atoms with Gasteiger partial charge in [-0.05, 0) is 45.0 Å². The van der Waals surface area contributed by atoms with Gasteiger partial charge in [0.15, 0.2) is 5.78 Å². The molecule has 0 saturated heterocycles. The lowest BCUT2D eigenvalue weighted by Gasteiger charge is -2.25. The minimum absolute atomic E-state index is 0.0941. The normalized spacial score (nSPS) is 15.1. The molecular formula is C20H25N3O2. The van der Waals surface area contributed by atoms with Gasteiger partial charge in [0.25, 0.3) is 5.91 Å². The number of benzene rings is 1. The summed E-state index contributed by atoms with van der Waals surface area (Å²) in [5.41, 5.74) is 4.09. The zero-order valence-corrected chi connectivity index (χ0v) is 15.1. The van der Waals surface area contributed by atoms with Gasteiger partial charge in [-0.15, -0.1) is 0 Å². The van der Waals surface area contributed by atoms with Crippen LogP contribution in [-0.2, 0) is 6.42 Å². The van der Waals surface area contributed by atoms with E-state index >= 15 is 0 Å². The van der Waals surface area contributed by atoms with E-state index in [1.165, 1.54) is 0 Å². The van der Waals surface area contributed by atoms with E-state index in [-0.39, 0.29) is 17.7 Å². The Balaban J connectivity index is 1.75. The number of nitrogens with zero attached hydrogens (tertiary/aromatic N) is 1. The summed E-state index contributed by atoms with van der Waals surface area (Å²) in [6, 6.07) is 10.2. The van der Waals surface area contributed by atoms with Crippen LogP contribution in [0.5, 0.6) is 0 Å². The fourth-order valence-corrected chi connectivity index (χ4v) is 3.55. The number of aromatic nitrogens is 1. The number of hydrogen-bond acceptors (Lipinski definition) is 3. The third kappa shape index (κ3) is 3.51. The maximum absolute atomic E-state index is 12.7. The molecule has 0 aliphatic heterocycles. The Morgan fingerprint density at radius 2 is 1.96 bits per heavy atom. The number of aryl methyl sites for hydroxylation is 1. The molecule has 0 spiro atoms. The van der Waals surface area contributed by atoms with Crippen molar-refractivity contribution in [3.63, 3.8) is 0 Å². The number of ketones is 1. The van der Waals surface area contributed by atoms with Crippen molar-refractivity contribution in [3.8, 4) is 0 Å². The molecular weight excluding hydrogens is 314 g/mol. The summed E-state index contributed by atoms with van der Waals surface area (Å²) in [6.07, 6.45) is 2.26. The van der Waals surface area contributed by atoms with Crippen molar-refractivity contribution < 1.29 is 9.59 Å². The van der Waals surface area contributed by atoms with Crippen molar-refractivity contribution in [2.45, 2.75) is 32.2 Å². The van der Waals surface area contributed by atoms with Crippen LogP contribution in [0.15, 0.2) is 30.3 Å². The number of fused-ring (bicyclic) bond motifs is 1. The molecule has 0 saturated carbocycles. The molecule has 2 aromatic rings. The molecule has 5 nitrogen and oxygen atoms in total. The van der Waals surface area contributed by atoms with E-state index in [1.807, 2.05) is 39.2 Å². The number of amides is 1. The van der Waals surface area contributed by atoms with Gasteiger partial charge < -0.3 is 15.2 Å². The van der Waals surface area contributed by atoms with E-state index in [1.54, 1.807) is 0 Å². The van der Waals surface area contributed by atoms with E-state index < -0.39 is 0 Å². The van der Waals surface area contributed by atoms with Crippen LogP contribution < -0.4 is 5.32 Å². The predicted octanol–water partition coefficient (Wildman–Crippen LogP) is 2.87. The first kappa shape index (κ1) is 17.4. The largest absolute Gasteiger partial charge is 0.354 e. The SMILES string of the molecule is Cc1c(C(=O)NCC(c2ccccc2)N(C)C)[nH]c2c1C(=O)CCC2. The second-order valence-electron chi connectivity index (χ2n) is 6.86. The molecule has 3 rings (SSSR count). The van der Waals surface area contributed by atoms with Crippen molar-refractivity contribution in [2.24, 2.45) is 0 Å². The molecule has 0 radical (unpaired) electrons. The second kappa shape index (κ2) is 7.23. The Hall–Kier alpha value is -2.40. The highest BCUT2D eigenvalue weighted by Crippen LogP contribution is 2.26. The minimum Gasteiger partial charge on any atom is -0.354 e. The highest BCUT2D eigenvalue weighted by atomic mass is 16.2. The third-order valence-electron chi connectivity index (χ3n) is 4.93. The quantitative estimate of drug-likeness (QED) is 0.880. The molecule has 1 aromatic carbocycles. The molecule has 1 unspecified atom stereocenters. The smallest absolute Gasteiger partial charge is 0.268 e. The van der Waals surface area contributed by atoms with E-state index in [9.17, 15) is 9.59 Å². The maximum Gasteiger partial charge on any atom is 0.268 e. The molecule has 1 heterocycles. The average Bonchev–Trinajstić information content (AvgIpc) is 2.94.